The molecule has 0 aromatic heterocycles. The number of benzene rings is 1. The number of hydrogen-bond donors (Lipinski definition) is 2. The summed E-state index contributed by atoms with van der Waals surface area (Å²) >= 11 is 0. The molecule has 5 heteroatoms. The quantitative estimate of drug-likeness (QED) is 0.794. The number of carbonyl (C=O) groups is 1. The maximum absolute atomic E-state index is 12.3. The van der Waals surface area contributed by atoms with Crippen LogP contribution in [0.15, 0.2) is 18.2 Å². The number of aliphatic hydroxyl groups excluding tert-OH is 1. The van der Waals surface area contributed by atoms with Crippen molar-refractivity contribution in [3.05, 3.63) is 29.3 Å². The van der Waals surface area contributed by atoms with Crippen molar-refractivity contribution in [2.24, 2.45) is 0 Å². The Balaban J connectivity index is 2.76. The Labute approximate surface area is 120 Å². The zero-order valence-corrected chi connectivity index (χ0v) is 12.6. The standard InChI is InChI=1S/C15H24N2O3/c1-5-16-12-6-7-14(11(2)8-12)15(19)17(3)9-13(18)10-20-4/h6-8,13,16,18H,5,9-10H2,1-4H3. The van der Waals surface area contributed by atoms with E-state index in [-0.39, 0.29) is 19.1 Å². The Kier molecular flexibility index (Phi) is 6.48. The van der Waals surface area contributed by atoms with E-state index in [4.69, 9.17) is 4.74 Å². The van der Waals surface area contributed by atoms with Gasteiger partial charge in [0, 0.05) is 38.5 Å². The topological polar surface area (TPSA) is 61.8 Å². The number of rotatable bonds is 7. The summed E-state index contributed by atoms with van der Waals surface area (Å²) in [5.41, 5.74) is 2.57. The van der Waals surface area contributed by atoms with Gasteiger partial charge in [0.25, 0.3) is 5.91 Å². The second-order valence-electron chi connectivity index (χ2n) is 4.85. The molecule has 0 radical (unpaired) electrons. The van der Waals surface area contributed by atoms with Crippen LogP contribution >= 0.6 is 0 Å². The second kappa shape index (κ2) is 7.87. The molecule has 0 spiro atoms. The largest absolute Gasteiger partial charge is 0.389 e. The molecule has 0 aliphatic rings. The van der Waals surface area contributed by atoms with E-state index < -0.39 is 6.10 Å². The van der Waals surface area contributed by atoms with Crippen LogP contribution in [0.1, 0.15) is 22.8 Å². The lowest BCUT2D eigenvalue weighted by Crippen LogP contribution is -2.36. The molecular weight excluding hydrogens is 256 g/mol. The fraction of sp³-hybridized carbons (Fsp3) is 0.533. The summed E-state index contributed by atoms with van der Waals surface area (Å²) in [6.45, 7) is 5.25. The van der Waals surface area contributed by atoms with Gasteiger partial charge >= 0.3 is 0 Å². The predicted octanol–water partition coefficient (Wildman–Crippen LogP) is 1.51. The van der Waals surface area contributed by atoms with Crippen molar-refractivity contribution in [2.75, 3.05) is 39.2 Å². The number of nitrogens with one attached hydrogen (secondary N) is 1. The van der Waals surface area contributed by atoms with Crippen LogP contribution in [-0.4, -0.2) is 55.9 Å². The lowest BCUT2D eigenvalue weighted by atomic mass is 10.1. The lowest BCUT2D eigenvalue weighted by Gasteiger charge is -2.21. The van der Waals surface area contributed by atoms with Crippen molar-refractivity contribution in [1.82, 2.24) is 4.90 Å². The van der Waals surface area contributed by atoms with E-state index in [0.29, 0.717) is 5.56 Å². The Morgan fingerprint density at radius 3 is 2.75 bits per heavy atom. The van der Waals surface area contributed by atoms with Crippen LogP contribution in [-0.2, 0) is 4.74 Å². The summed E-state index contributed by atoms with van der Waals surface area (Å²) < 4.78 is 4.86. The number of hydrogen-bond acceptors (Lipinski definition) is 4. The van der Waals surface area contributed by atoms with E-state index in [2.05, 4.69) is 5.32 Å². The number of ether oxygens (including phenoxy) is 1. The average molecular weight is 280 g/mol. The smallest absolute Gasteiger partial charge is 0.253 e. The Hall–Kier alpha value is -1.59. The van der Waals surface area contributed by atoms with Gasteiger partial charge in [-0.3, -0.25) is 4.79 Å². The van der Waals surface area contributed by atoms with E-state index in [9.17, 15) is 9.90 Å². The van der Waals surface area contributed by atoms with Gasteiger partial charge in [-0.25, -0.2) is 0 Å². The van der Waals surface area contributed by atoms with Crippen molar-refractivity contribution in [3.63, 3.8) is 0 Å². The zero-order valence-electron chi connectivity index (χ0n) is 12.6. The zero-order chi connectivity index (χ0) is 15.1. The van der Waals surface area contributed by atoms with Gasteiger partial charge in [-0.1, -0.05) is 0 Å². The lowest BCUT2D eigenvalue weighted by molar-refractivity contribution is 0.0380. The van der Waals surface area contributed by atoms with Gasteiger partial charge in [-0.2, -0.15) is 0 Å². The van der Waals surface area contributed by atoms with Crippen LogP contribution in [0.5, 0.6) is 0 Å². The van der Waals surface area contributed by atoms with E-state index in [0.717, 1.165) is 17.8 Å². The molecule has 5 nitrogen and oxygen atoms in total. The molecule has 20 heavy (non-hydrogen) atoms. The molecule has 1 unspecified atom stereocenters. The summed E-state index contributed by atoms with van der Waals surface area (Å²) in [5, 5.41) is 12.9. The highest BCUT2D eigenvalue weighted by molar-refractivity contribution is 5.96. The molecule has 1 aromatic carbocycles. The van der Waals surface area contributed by atoms with Gasteiger partial charge in [-0.05, 0) is 37.6 Å². The Morgan fingerprint density at radius 2 is 2.20 bits per heavy atom. The normalized spacial score (nSPS) is 12.1. The maximum atomic E-state index is 12.3. The van der Waals surface area contributed by atoms with Crippen LogP contribution in [0.4, 0.5) is 5.69 Å². The highest BCUT2D eigenvalue weighted by Crippen LogP contribution is 2.16. The molecule has 112 valence electrons. The molecule has 0 aliphatic heterocycles. The minimum absolute atomic E-state index is 0.0966. The van der Waals surface area contributed by atoms with Crippen LogP contribution < -0.4 is 5.32 Å². The minimum Gasteiger partial charge on any atom is -0.389 e. The van der Waals surface area contributed by atoms with Gasteiger partial charge in [0.15, 0.2) is 0 Å². The highest BCUT2D eigenvalue weighted by Gasteiger charge is 2.17. The van der Waals surface area contributed by atoms with Crippen LogP contribution in [0.2, 0.25) is 0 Å². The van der Waals surface area contributed by atoms with Gasteiger partial charge in [0.1, 0.15) is 0 Å². The summed E-state index contributed by atoms with van der Waals surface area (Å²) in [6.07, 6.45) is -0.671. The molecule has 0 aliphatic carbocycles. The van der Waals surface area contributed by atoms with Crippen molar-refractivity contribution in [1.29, 1.82) is 0 Å². The number of aryl methyl sites for hydroxylation is 1. The average Bonchev–Trinajstić information content (AvgIpc) is 2.38. The predicted molar refractivity (Wildman–Crippen MR) is 80.2 cm³/mol. The number of amides is 1. The number of anilines is 1. The van der Waals surface area contributed by atoms with Crippen molar-refractivity contribution < 1.29 is 14.6 Å². The van der Waals surface area contributed by atoms with Gasteiger partial charge < -0.3 is 20.1 Å². The molecule has 1 atom stereocenters. The number of carbonyl (C=O) groups excluding carboxylic acids is 1. The fourth-order valence-corrected chi connectivity index (χ4v) is 2.07. The molecule has 1 rings (SSSR count). The van der Waals surface area contributed by atoms with Gasteiger partial charge in [-0.15, -0.1) is 0 Å². The third-order valence-electron chi connectivity index (χ3n) is 3.03. The first-order chi connectivity index (χ1) is 9.49. The molecular formula is C15H24N2O3. The molecule has 0 saturated carbocycles. The molecule has 0 fully saturated rings. The van der Waals surface area contributed by atoms with Crippen LogP contribution in [0.25, 0.3) is 0 Å². The van der Waals surface area contributed by atoms with Gasteiger partial charge in [0.2, 0.25) is 0 Å². The second-order valence-corrected chi connectivity index (χ2v) is 4.85. The minimum atomic E-state index is -0.671. The fourth-order valence-electron chi connectivity index (χ4n) is 2.07. The summed E-state index contributed by atoms with van der Waals surface area (Å²) in [7, 11) is 3.20. The monoisotopic (exact) mass is 280 g/mol. The van der Waals surface area contributed by atoms with E-state index in [1.165, 1.54) is 12.0 Å². The molecule has 0 saturated heterocycles. The van der Waals surface area contributed by atoms with Crippen LogP contribution in [0.3, 0.4) is 0 Å². The molecule has 1 amide bonds. The Bertz CT molecular complexity index is 449. The Morgan fingerprint density at radius 1 is 1.50 bits per heavy atom. The van der Waals surface area contributed by atoms with Crippen molar-refractivity contribution >= 4 is 11.6 Å². The van der Waals surface area contributed by atoms with E-state index in [1.807, 2.05) is 32.0 Å². The molecule has 1 aromatic rings. The number of nitrogens with zero attached hydrogens (tertiary/aromatic N) is 1. The third-order valence-corrected chi connectivity index (χ3v) is 3.03. The summed E-state index contributed by atoms with van der Waals surface area (Å²) in [6, 6.07) is 5.66. The van der Waals surface area contributed by atoms with E-state index >= 15 is 0 Å². The first-order valence-electron chi connectivity index (χ1n) is 6.76. The number of methoxy groups -OCH3 is 1. The summed E-state index contributed by atoms with van der Waals surface area (Å²) in [5.74, 6) is -0.0966. The molecule has 0 bridgehead atoms. The van der Waals surface area contributed by atoms with Gasteiger partial charge in [0.05, 0.1) is 12.7 Å². The van der Waals surface area contributed by atoms with E-state index in [1.54, 1.807) is 7.05 Å². The number of likely N-dealkylation sites (N-methyl/N-ethyl adjacent to an activating group) is 1. The van der Waals surface area contributed by atoms with Crippen LogP contribution in [0, 0.1) is 6.92 Å². The first kappa shape index (κ1) is 16.5. The number of aliphatic hydroxyl groups is 1. The first-order valence-corrected chi connectivity index (χ1v) is 6.76. The molecule has 2 N–H and O–H groups in total. The highest BCUT2D eigenvalue weighted by atomic mass is 16.5. The SMILES string of the molecule is CCNc1ccc(C(=O)N(C)CC(O)COC)c(C)c1. The summed E-state index contributed by atoms with van der Waals surface area (Å²) in [4.78, 5) is 13.8. The van der Waals surface area contributed by atoms with Crippen molar-refractivity contribution in [3.8, 4) is 0 Å². The maximum Gasteiger partial charge on any atom is 0.253 e. The molecule has 0 heterocycles. The van der Waals surface area contributed by atoms with Crippen molar-refractivity contribution in [2.45, 2.75) is 20.0 Å². The third kappa shape index (κ3) is 4.51.